The van der Waals surface area contributed by atoms with Crippen LogP contribution in [0.2, 0.25) is 0 Å². The van der Waals surface area contributed by atoms with Crippen molar-refractivity contribution in [2.75, 3.05) is 13.2 Å². The zero-order valence-electron chi connectivity index (χ0n) is 14.3. The number of primary amides is 1. The highest BCUT2D eigenvalue weighted by molar-refractivity contribution is 5.93. The predicted octanol–water partition coefficient (Wildman–Crippen LogP) is 2.31. The van der Waals surface area contributed by atoms with E-state index in [0.717, 1.165) is 44.7 Å². The number of piperidine rings is 1. The summed E-state index contributed by atoms with van der Waals surface area (Å²) in [4.78, 5) is 14.2. The summed E-state index contributed by atoms with van der Waals surface area (Å²) >= 11 is 0. The summed E-state index contributed by atoms with van der Waals surface area (Å²) in [5.74, 6) is -0.413. The van der Waals surface area contributed by atoms with Crippen LogP contribution in [0.15, 0.2) is 24.4 Å². The van der Waals surface area contributed by atoms with Crippen molar-refractivity contribution >= 4 is 5.91 Å². The first kappa shape index (κ1) is 16.3. The zero-order valence-corrected chi connectivity index (χ0v) is 14.3. The second-order valence-corrected chi connectivity index (χ2v) is 6.90. The number of nitrogens with zero attached hydrogens (tertiary/aromatic N) is 2. The van der Waals surface area contributed by atoms with Gasteiger partial charge in [-0.1, -0.05) is 24.6 Å². The SMILES string of the molecule is NC(=O)c1cn[nH]c1C1CCCCN1Cc1cccc2c1CCOC2. The van der Waals surface area contributed by atoms with E-state index in [1.165, 1.54) is 23.1 Å². The van der Waals surface area contributed by atoms with E-state index in [1.54, 1.807) is 6.20 Å². The number of likely N-dealkylation sites (tertiary alicyclic amines) is 1. The van der Waals surface area contributed by atoms with Crippen LogP contribution in [0.25, 0.3) is 0 Å². The quantitative estimate of drug-likeness (QED) is 0.894. The summed E-state index contributed by atoms with van der Waals surface area (Å²) in [6.07, 6.45) is 5.86. The lowest BCUT2D eigenvalue weighted by atomic mass is 9.93. The topological polar surface area (TPSA) is 84.2 Å². The fourth-order valence-electron chi connectivity index (χ4n) is 4.12. The number of benzene rings is 1. The summed E-state index contributed by atoms with van der Waals surface area (Å²) in [7, 11) is 0. The monoisotopic (exact) mass is 340 g/mol. The van der Waals surface area contributed by atoms with Crippen molar-refractivity contribution in [1.29, 1.82) is 0 Å². The lowest BCUT2D eigenvalue weighted by molar-refractivity contribution is 0.0987. The van der Waals surface area contributed by atoms with Crippen LogP contribution in [0, 0.1) is 0 Å². The lowest BCUT2D eigenvalue weighted by Gasteiger charge is -2.36. The number of hydrogen-bond donors (Lipinski definition) is 2. The molecular weight excluding hydrogens is 316 g/mol. The molecule has 2 aliphatic rings. The Hall–Kier alpha value is -2.18. The van der Waals surface area contributed by atoms with Crippen molar-refractivity contribution in [3.8, 4) is 0 Å². The number of nitrogens with two attached hydrogens (primary N) is 1. The van der Waals surface area contributed by atoms with Crippen LogP contribution < -0.4 is 5.73 Å². The van der Waals surface area contributed by atoms with Crippen molar-refractivity contribution in [1.82, 2.24) is 15.1 Å². The molecule has 0 radical (unpaired) electrons. The smallest absolute Gasteiger partial charge is 0.252 e. The molecule has 1 fully saturated rings. The first-order valence-corrected chi connectivity index (χ1v) is 8.98. The van der Waals surface area contributed by atoms with E-state index in [0.29, 0.717) is 12.2 Å². The molecule has 2 aliphatic heterocycles. The van der Waals surface area contributed by atoms with Crippen LogP contribution in [0.3, 0.4) is 0 Å². The second kappa shape index (κ2) is 6.98. The van der Waals surface area contributed by atoms with Gasteiger partial charge < -0.3 is 10.5 Å². The normalized spacial score (nSPS) is 21.0. The number of fused-ring (bicyclic) bond motifs is 1. The summed E-state index contributed by atoms with van der Waals surface area (Å²) in [6.45, 7) is 3.39. The highest BCUT2D eigenvalue weighted by Gasteiger charge is 2.29. The summed E-state index contributed by atoms with van der Waals surface area (Å²) in [6, 6.07) is 6.66. The molecule has 0 saturated carbocycles. The van der Waals surface area contributed by atoms with Crippen LogP contribution in [0.1, 0.15) is 58.0 Å². The standard InChI is InChI=1S/C19H24N4O2/c20-19(24)16-10-21-22-18(16)17-6-1-2-8-23(17)11-13-4-3-5-14-12-25-9-7-15(13)14/h3-5,10,17H,1-2,6-9,11-12H2,(H2,20,24)(H,21,22). The Morgan fingerprint density at radius 1 is 1.40 bits per heavy atom. The third-order valence-corrected chi connectivity index (χ3v) is 5.38. The minimum atomic E-state index is -0.413. The number of H-pyrrole nitrogens is 1. The largest absolute Gasteiger partial charge is 0.376 e. The molecule has 1 aromatic carbocycles. The van der Waals surface area contributed by atoms with Gasteiger partial charge in [0.15, 0.2) is 0 Å². The Kier molecular flexibility index (Phi) is 4.55. The molecular formula is C19H24N4O2. The summed E-state index contributed by atoms with van der Waals surface area (Å²) < 4.78 is 5.58. The molecule has 0 aliphatic carbocycles. The molecule has 132 valence electrons. The van der Waals surface area contributed by atoms with Gasteiger partial charge in [-0.3, -0.25) is 14.8 Å². The van der Waals surface area contributed by atoms with E-state index < -0.39 is 5.91 Å². The minimum absolute atomic E-state index is 0.162. The van der Waals surface area contributed by atoms with Gasteiger partial charge in [0.05, 0.1) is 36.7 Å². The van der Waals surface area contributed by atoms with Gasteiger partial charge in [0, 0.05) is 6.54 Å². The van der Waals surface area contributed by atoms with Crippen molar-refractivity contribution < 1.29 is 9.53 Å². The number of aromatic amines is 1. The van der Waals surface area contributed by atoms with E-state index in [-0.39, 0.29) is 6.04 Å². The van der Waals surface area contributed by atoms with Gasteiger partial charge in [0.1, 0.15) is 0 Å². The molecule has 4 rings (SSSR count). The molecule has 6 heteroatoms. The molecule has 1 aromatic heterocycles. The Bertz CT molecular complexity index is 771. The van der Waals surface area contributed by atoms with Crippen molar-refractivity contribution in [3.05, 3.63) is 52.3 Å². The molecule has 3 heterocycles. The van der Waals surface area contributed by atoms with E-state index in [1.807, 2.05) is 0 Å². The molecule has 6 nitrogen and oxygen atoms in total. The molecule has 1 saturated heterocycles. The fourth-order valence-corrected chi connectivity index (χ4v) is 4.12. The Morgan fingerprint density at radius 3 is 3.20 bits per heavy atom. The maximum atomic E-state index is 11.7. The number of hydrogen-bond acceptors (Lipinski definition) is 4. The Morgan fingerprint density at radius 2 is 2.32 bits per heavy atom. The number of carbonyl (C=O) groups is 1. The number of rotatable bonds is 4. The van der Waals surface area contributed by atoms with Crippen LogP contribution in [0.5, 0.6) is 0 Å². The molecule has 1 unspecified atom stereocenters. The fraction of sp³-hybridized carbons (Fsp3) is 0.474. The van der Waals surface area contributed by atoms with Gasteiger partial charge >= 0.3 is 0 Å². The third kappa shape index (κ3) is 3.19. The Labute approximate surface area is 147 Å². The number of ether oxygens (including phenoxy) is 1. The van der Waals surface area contributed by atoms with Gasteiger partial charge in [0.2, 0.25) is 0 Å². The number of carbonyl (C=O) groups excluding carboxylic acids is 1. The number of nitrogens with one attached hydrogen (secondary N) is 1. The van der Waals surface area contributed by atoms with Crippen LogP contribution in [0.4, 0.5) is 0 Å². The van der Waals surface area contributed by atoms with Gasteiger partial charge in [-0.05, 0) is 42.5 Å². The molecule has 3 N–H and O–H groups in total. The predicted molar refractivity (Wildman–Crippen MR) is 93.9 cm³/mol. The molecule has 1 atom stereocenters. The highest BCUT2D eigenvalue weighted by atomic mass is 16.5. The average Bonchev–Trinajstić information content (AvgIpc) is 3.12. The highest BCUT2D eigenvalue weighted by Crippen LogP contribution is 2.34. The van der Waals surface area contributed by atoms with Crippen LogP contribution >= 0.6 is 0 Å². The lowest BCUT2D eigenvalue weighted by Crippen LogP contribution is -2.35. The zero-order chi connectivity index (χ0) is 17.2. The second-order valence-electron chi connectivity index (χ2n) is 6.90. The summed E-state index contributed by atoms with van der Waals surface area (Å²) in [5.41, 5.74) is 11.0. The van der Waals surface area contributed by atoms with E-state index in [9.17, 15) is 4.79 Å². The van der Waals surface area contributed by atoms with Crippen LogP contribution in [-0.2, 0) is 24.3 Å². The molecule has 1 amide bonds. The molecule has 0 bridgehead atoms. The maximum Gasteiger partial charge on any atom is 0.252 e. The van der Waals surface area contributed by atoms with Gasteiger partial charge in [-0.25, -0.2) is 0 Å². The molecule has 25 heavy (non-hydrogen) atoms. The maximum absolute atomic E-state index is 11.7. The molecule has 0 spiro atoms. The molecule has 2 aromatic rings. The number of amides is 1. The van der Waals surface area contributed by atoms with Crippen molar-refractivity contribution in [2.24, 2.45) is 5.73 Å². The van der Waals surface area contributed by atoms with Crippen molar-refractivity contribution in [2.45, 2.75) is 44.9 Å². The Balaban J connectivity index is 1.62. The van der Waals surface area contributed by atoms with Crippen LogP contribution in [-0.4, -0.2) is 34.2 Å². The first-order chi connectivity index (χ1) is 12.2. The average molecular weight is 340 g/mol. The van der Waals surface area contributed by atoms with Gasteiger partial charge in [0.25, 0.3) is 5.91 Å². The third-order valence-electron chi connectivity index (χ3n) is 5.38. The number of aromatic nitrogens is 2. The van der Waals surface area contributed by atoms with Gasteiger partial charge in [-0.15, -0.1) is 0 Å². The van der Waals surface area contributed by atoms with E-state index in [2.05, 4.69) is 33.3 Å². The van der Waals surface area contributed by atoms with Gasteiger partial charge in [-0.2, -0.15) is 5.10 Å². The van der Waals surface area contributed by atoms with E-state index >= 15 is 0 Å². The first-order valence-electron chi connectivity index (χ1n) is 8.98. The minimum Gasteiger partial charge on any atom is -0.376 e. The van der Waals surface area contributed by atoms with E-state index in [4.69, 9.17) is 10.5 Å². The van der Waals surface area contributed by atoms with Crippen molar-refractivity contribution in [3.63, 3.8) is 0 Å². The summed E-state index contributed by atoms with van der Waals surface area (Å²) in [5, 5.41) is 7.08.